The van der Waals surface area contributed by atoms with Crippen molar-refractivity contribution in [3.8, 4) is 0 Å². The van der Waals surface area contributed by atoms with E-state index >= 15 is 0 Å². The third-order valence-electron chi connectivity index (χ3n) is 2.60. The van der Waals surface area contributed by atoms with E-state index in [1.165, 1.54) is 19.3 Å². The Morgan fingerprint density at radius 2 is 0.615 bits per heavy atom. The first-order chi connectivity index (χ1) is 11.5. The third kappa shape index (κ3) is 56.3. The summed E-state index contributed by atoms with van der Waals surface area (Å²) in [6.07, 6.45) is 3.70. The van der Waals surface area contributed by atoms with E-state index in [0.29, 0.717) is 0 Å². The van der Waals surface area contributed by atoms with Gasteiger partial charge in [-0.15, -0.1) is 0 Å². The van der Waals surface area contributed by atoms with Crippen LogP contribution in [0.1, 0.15) is 19.3 Å². The molecule has 0 saturated carbocycles. The fourth-order valence-electron chi connectivity index (χ4n) is 1.69. The van der Waals surface area contributed by atoms with Gasteiger partial charge >= 0.3 is 0 Å². The summed E-state index contributed by atoms with van der Waals surface area (Å²) in [4.78, 5) is 0. The first kappa shape index (κ1) is 31.3. The maximum atomic E-state index is 8.60. The van der Waals surface area contributed by atoms with Crippen molar-refractivity contribution in [2.45, 2.75) is 19.3 Å². The van der Waals surface area contributed by atoms with Crippen LogP contribution in [0, 0.1) is 20.5 Å². The van der Waals surface area contributed by atoms with Gasteiger partial charge in [0.25, 0.3) is 0 Å². The van der Waals surface area contributed by atoms with Crippen molar-refractivity contribution in [3.63, 3.8) is 0 Å². The van der Waals surface area contributed by atoms with Crippen molar-refractivity contribution < 1.29 is 74.2 Å². The number of nitrogens with one attached hydrogen (secondary N) is 4. The van der Waals surface area contributed by atoms with Crippen molar-refractivity contribution >= 4 is 0 Å². The second kappa shape index (κ2) is 20.3. The first-order valence-electron chi connectivity index (χ1n) is 7.59. The predicted octanol–water partition coefficient (Wildman–Crippen LogP) is -8.72. The van der Waals surface area contributed by atoms with Gasteiger partial charge in [-0.05, 0) is 58.5 Å². The molecule has 0 atom stereocenters. The summed E-state index contributed by atoms with van der Waals surface area (Å²) in [5.74, 6) is 0. The maximum Gasteiger partial charge on any atom is 0.0777 e. The molecule has 1 rings (SSSR count). The predicted molar refractivity (Wildman–Crippen MR) is 69.8 cm³/mol. The fraction of sp³-hybridized carbons (Fsp3) is 1.00. The molecule has 164 valence electrons. The molecule has 1 aliphatic rings. The van der Waals surface area contributed by atoms with Crippen LogP contribution in [0.4, 0.5) is 0 Å². The molecule has 26 heavy (non-hydrogen) atoms. The van der Waals surface area contributed by atoms with Crippen molar-refractivity contribution in [3.05, 3.63) is 0 Å². The smallest absolute Gasteiger partial charge is 0.0777 e. The van der Waals surface area contributed by atoms with Gasteiger partial charge in [0.05, 0.1) is 29.8 Å². The molecule has 12 nitrogen and oxygen atoms in total. The van der Waals surface area contributed by atoms with E-state index in [9.17, 15) is 0 Å². The summed E-state index contributed by atoms with van der Waals surface area (Å²) in [5, 5.41) is 13.8. The van der Waals surface area contributed by atoms with Crippen LogP contribution in [0.3, 0.4) is 0 Å². The normalized spacial score (nSPS) is 18.5. The molecular formula is C11H28Cl2N4NiO8. The van der Waals surface area contributed by atoms with Crippen LogP contribution in [-0.2, 0) is 16.5 Å². The number of hydrogen-bond acceptors (Lipinski definition) is 12. The minimum Gasteiger partial charge on any atom is -0.317 e. The molecule has 15 heteroatoms. The maximum absolute atomic E-state index is 8.60. The van der Waals surface area contributed by atoms with Crippen molar-refractivity contribution in [2.24, 2.45) is 0 Å². The first-order valence-corrected chi connectivity index (χ1v) is 10.1. The standard InChI is InChI=1S/C11H26N4.2ClHO4.Ni/c1-4-12-6-2-8-14-10-11-15-9-3-7-13-5-1;2*2-1(3,4)5;/h12-15H,1-11H2;2*(H,2,3,4,5);. The van der Waals surface area contributed by atoms with E-state index < -0.39 is 20.5 Å². The van der Waals surface area contributed by atoms with Crippen LogP contribution in [0.25, 0.3) is 0 Å². The Labute approximate surface area is 167 Å². The number of rotatable bonds is 0. The quantitative estimate of drug-likeness (QED) is 0.180. The van der Waals surface area contributed by atoms with Gasteiger partial charge in [-0.1, -0.05) is 0 Å². The zero-order valence-corrected chi connectivity index (χ0v) is 16.7. The molecule has 1 saturated heterocycles. The van der Waals surface area contributed by atoms with Crippen molar-refractivity contribution in [1.82, 2.24) is 21.3 Å². The molecule has 0 amide bonds. The minimum absolute atomic E-state index is 0. The Balaban J connectivity index is -0.000000401. The summed E-state index contributed by atoms with van der Waals surface area (Å²) >= 11 is 0. The van der Waals surface area contributed by atoms with Gasteiger partial charge in [-0.25, -0.2) is 0 Å². The van der Waals surface area contributed by atoms with Crippen LogP contribution in [0.2, 0.25) is 0 Å². The molecular weight excluding hydrogens is 446 g/mol. The average Bonchev–Trinajstić information content (AvgIpc) is 2.42. The topological polar surface area (TPSA) is 227 Å². The van der Waals surface area contributed by atoms with Crippen LogP contribution in [0.5, 0.6) is 0 Å². The van der Waals surface area contributed by atoms with E-state index in [1.54, 1.807) is 0 Å². The van der Waals surface area contributed by atoms with Gasteiger partial charge in [-0.3, -0.25) is 0 Å². The Bertz CT molecular complexity index is 205. The van der Waals surface area contributed by atoms with Gasteiger partial charge in [0.15, 0.2) is 0 Å². The Morgan fingerprint density at radius 3 is 0.808 bits per heavy atom. The third-order valence-corrected chi connectivity index (χ3v) is 2.60. The summed E-state index contributed by atoms with van der Waals surface area (Å²) in [6, 6.07) is 0. The average molecular weight is 474 g/mol. The zero-order chi connectivity index (χ0) is 19.6. The molecule has 0 bridgehead atoms. The molecule has 0 spiro atoms. The Kier molecular flexibility index (Phi) is 24.5. The zero-order valence-electron chi connectivity index (χ0n) is 14.2. The van der Waals surface area contributed by atoms with Crippen LogP contribution >= 0.6 is 0 Å². The molecule has 0 unspecified atom stereocenters. The second-order valence-electron chi connectivity index (χ2n) is 4.85. The van der Waals surface area contributed by atoms with E-state index in [-0.39, 0.29) is 16.5 Å². The summed E-state index contributed by atoms with van der Waals surface area (Å²) in [7, 11) is -9.39. The van der Waals surface area contributed by atoms with Gasteiger partial charge in [0.1, 0.15) is 0 Å². The molecule has 1 heterocycles. The molecule has 0 aromatic heterocycles. The SMILES string of the molecule is C1CNCCCNCCNCCCNC1.[Ni].[O-][Cl+3]([O-])([O-])O.[O-][Cl+3]([O-])([O-])O. The molecule has 1 fully saturated rings. The van der Waals surface area contributed by atoms with E-state index in [0.717, 1.165) is 52.4 Å². The summed E-state index contributed by atoms with van der Waals surface area (Å²) < 4.78 is 65.4. The van der Waals surface area contributed by atoms with Gasteiger partial charge in [0, 0.05) is 29.6 Å². The van der Waals surface area contributed by atoms with Gasteiger partial charge < -0.3 is 21.3 Å². The number of halogens is 2. The largest absolute Gasteiger partial charge is 0.317 e. The summed E-state index contributed by atoms with van der Waals surface area (Å²) in [6.45, 7) is 9.01. The van der Waals surface area contributed by atoms with Crippen molar-refractivity contribution in [1.29, 1.82) is 0 Å². The second-order valence-corrected chi connectivity index (χ2v) is 6.44. The molecule has 0 aromatic rings. The molecule has 0 aromatic carbocycles. The van der Waals surface area contributed by atoms with Gasteiger partial charge in [0.2, 0.25) is 0 Å². The minimum atomic E-state index is -4.69. The monoisotopic (exact) mass is 472 g/mol. The van der Waals surface area contributed by atoms with Crippen LogP contribution in [-0.4, -0.2) is 61.7 Å². The molecule has 1 aliphatic heterocycles. The number of hydrogen-bond donors (Lipinski definition) is 6. The van der Waals surface area contributed by atoms with E-state index in [2.05, 4.69) is 21.3 Å². The molecule has 0 aliphatic carbocycles. The van der Waals surface area contributed by atoms with Crippen LogP contribution in [0.15, 0.2) is 0 Å². The van der Waals surface area contributed by atoms with E-state index in [4.69, 9.17) is 37.3 Å². The van der Waals surface area contributed by atoms with Crippen LogP contribution < -0.4 is 49.2 Å². The fourth-order valence-corrected chi connectivity index (χ4v) is 1.69. The van der Waals surface area contributed by atoms with Crippen molar-refractivity contribution in [2.75, 3.05) is 52.4 Å². The molecule has 0 radical (unpaired) electrons. The summed E-state index contributed by atoms with van der Waals surface area (Å²) in [5.41, 5.74) is 0. The molecule has 6 N–H and O–H groups in total. The Hall–Kier alpha value is 0.594. The van der Waals surface area contributed by atoms with Gasteiger partial charge in [-0.2, -0.15) is 28.0 Å². The Morgan fingerprint density at radius 1 is 0.462 bits per heavy atom. The van der Waals surface area contributed by atoms with E-state index in [1.807, 2.05) is 0 Å².